The predicted octanol–water partition coefficient (Wildman–Crippen LogP) is 1.66. The van der Waals surface area contributed by atoms with Crippen LogP contribution in [-0.4, -0.2) is 36.0 Å². The highest BCUT2D eigenvalue weighted by molar-refractivity contribution is 8.00. The van der Waals surface area contributed by atoms with Gasteiger partial charge in [-0.25, -0.2) is 0 Å². The molecule has 1 aliphatic rings. The van der Waals surface area contributed by atoms with E-state index in [4.69, 9.17) is 0 Å². The summed E-state index contributed by atoms with van der Waals surface area (Å²) in [4.78, 5) is 12.0. The van der Waals surface area contributed by atoms with Gasteiger partial charge in [0.2, 0.25) is 5.91 Å². The molecule has 1 amide bonds. The molecular formula is C11H23ClN2OS. The zero-order chi connectivity index (χ0) is 11.3. The lowest BCUT2D eigenvalue weighted by Crippen LogP contribution is -2.43. The summed E-state index contributed by atoms with van der Waals surface area (Å²) < 4.78 is 0. The second-order valence-corrected chi connectivity index (χ2v) is 5.74. The van der Waals surface area contributed by atoms with Gasteiger partial charge in [-0.3, -0.25) is 4.79 Å². The number of hydrogen-bond donors (Lipinski definition) is 2. The van der Waals surface area contributed by atoms with Crippen molar-refractivity contribution >= 4 is 30.1 Å². The van der Waals surface area contributed by atoms with Crippen LogP contribution < -0.4 is 10.6 Å². The Morgan fingerprint density at radius 3 is 2.69 bits per heavy atom. The molecule has 2 atom stereocenters. The Labute approximate surface area is 109 Å². The minimum atomic E-state index is 0. The molecule has 96 valence electrons. The lowest BCUT2D eigenvalue weighted by molar-refractivity contribution is -0.121. The number of hydrogen-bond acceptors (Lipinski definition) is 3. The maximum absolute atomic E-state index is 12.0. The topological polar surface area (TPSA) is 41.1 Å². The average molecular weight is 267 g/mol. The third-order valence-corrected chi connectivity index (χ3v) is 4.07. The van der Waals surface area contributed by atoms with Crippen molar-refractivity contribution in [2.24, 2.45) is 5.92 Å². The van der Waals surface area contributed by atoms with Crippen molar-refractivity contribution < 1.29 is 4.79 Å². The largest absolute Gasteiger partial charge is 0.351 e. The Kier molecular flexibility index (Phi) is 8.24. The van der Waals surface area contributed by atoms with Crippen LogP contribution in [0.5, 0.6) is 0 Å². The molecule has 2 unspecified atom stereocenters. The Morgan fingerprint density at radius 1 is 1.56 bits per heavy atom. The van der Waals surface area contributed by atoms with E-state index in [1.807, 2.05) is 0 Å². The summed E-state index contributed by atoms with van der Waals surface area (Å²) >= 11 is 1.74. The van der Waals surface area contributed by atoms with Crippen molar-refractivity contribution in [2.45, 2.75) is 38.5 Å². The van der Waals surface area contributed by atoms with E-state index in [0.717, 1.165) is 25.3 Å². The number of thioether (sulfide) groups is 1. The van der Waals surface area contributed by atoms with Gasteiger partial charge in [0.1, 0.15) is 0 Å². The van der Waals surface area contributed by atoms with Gasteiger partial charge in [0.25, 0.3) is 0 Å². The second-order valence-electron chi connectivity index (χ2n) is 4.32. The molecule has 2 N–H and O–H groups in total. The van der Waals surface area contributed by atoms with E-state index >= 15 is 0 Å². The van der Waals surface area contributed by atoms with Crippen molar-refractivity contribution in [3.05, 3.63) is 0 Å². The number of amides is 1. The number of rotatable bonds is 5. The van der Waals surface area contributed by atoms with Gasteiger partial charge in [-0.05, 0) is 24.6 Å². The van der Waals surface area contributed by atoms with Crippen LogP contribution in [0, 0.1) is 5.92 Å². The molecular weight excluding hydrogens is 244 g/mol. The average Bonchev–Trinajstić information content (AvgIpc) is 2.65. The highest BCUT2D eigenvalue weighted by atomic mass is 35.5. The van der Waals surface area contributed by atoms with Gasteiger partial charge in [-0.1, -0.05) is 20.8 Å². The first kappa shape index (κ1) is 16.1. The lowest BCUT2D eigenvalue weighted by Gasteiger charge is -2.21. The Balaban J connectivity index is 0.00000225. The van der Waals surface area contributed by atoms with Crippen molar-refractivity contribution in [1.29, 1.82) is 0 Å². The second kappa shape index (κ2) is 8.20. The molecule has 1 aliphatic heterocycles. The standard InChI is InChI=1S/C11H22N2OS.ClH/c1-4-15-10(8(2)3)11(14)13-9-5-6-12-7-9;/h8-10,12H,4-7H2,1-3H3,(H,13,14);1H. The summed E-state index contributed by atoms with van der Waals surface area (Å²) in [6, 6.07) is 0.344. The summed E-state index contributed by atoms with van der Waals surface area (Å²) in [5, 5.41) is 6.49. The molecule has 5 heteroatoms. The first-order valence-electron chi connectivity index (χ1n) is 5.77. The molecule has 0 saturated carbocycles. The van der Waals surface area contributed by atoms with Gasteiger partial charge in [0.15, 0.2) is 0 Å². The highest BCUT2D eigenvalue weighted by Gasteiger charge is 2.25. The van der Waals surface area contributed by atoms with Gasteiger partial charge in [0.05, 0.1) is 5.25 Å². The van der Waals surface area contributed by atoms with E-state index in [0.29, 0.717) is 12.0 Å². The fourth-order valence-electron chi connectivity index (χ4n) is 1.81. The Bertz CT molecular complexity index is 208. The van der Waals surface area contributed by atoms with Crippen LogP contribution in [-0.2, 0) is 4.79 Å². The van der Waals surface area contributed by atoms with E-state index in [9.17, 15) is 4.79 Å². The van der Waals surface area contributed by atoms with Crippen LogP contribution in [0.1, 0.15) is 27.2 Å². The number of carbonyl (C=O) groups excluding carboxylic acids is 1. The zero-order valence-corrected chi connectivity index (χ0v) is 11.9. The normalized spacial score (nSPS) is 21.6. The molecule has 0 radical (unpaired) electrons. The quantitative estimate of drug-likeness (QED) is 0.795. The molecule has 0 bridgehead atoms. The van der Waals surface area contributed by atoms with Crippen molar-refractivity contribution in [3.8, 4) is 0 Å². The molecule has 0 aromatic carbocycles. The first-order valence-corrected chi connectivity index (χ1v) is 6.82. The molecule has 1 rings (SSSR count). The molecule has 0 aromatic rings. The van der Waals surface area contributed by atoms with Gasteiger partial charge in [-0.2, -0.15) is 0 Å². The SMILES string of the molecule is CCSC(C(=O)NC1CCNC1)C(C)C.Cl. The summed E-state index contributed by atoms with van der Waals surface area (Å²) in [5.74, 6) is 1.62. The molecule has 16 heavy (non-hydrogen) atoms. The smallest absolute Gasteiger partial charge is 0.233 e. The first-order chi connectivity index (χ1) is 7.15. The summed E-state index contributed by atoms with van der Waals surface area (Å²) in [6.07, 6.45) is 1.06. The molecule has 3 nitrogen and oxygen atoms in total. The van der Waals surface area contributed by atoms with E-state index in [-0.39, 0.29) is 23.6 Å². The molecule has 1 heterocycles. The fourth-order valence-corrected chi connectivity index (χ4v) is 2.78. The maximum atomic E-state index is 12.0. The molecule has 0 spiro atoms. The molecule has 1 fully saturated rings. The monoisotopic (exact) mass is 266 g/mol. The van der Waals surface area contributed by atoms with Crippen LogP contribution >= 0.6 is 24.2 Å². The third kappa shape index (κ3) is 4.93. The van der Waals surface area contributed by atoms with Crippen LogP contribution in [0.15, 0.2) is 0 Å². The van der Waals surface area contributed by atoms with Crippen molar-refractivity contribution in [1.82, 2.24) is 10.6 Å². The number of halogens is 1. The molecule has 0 aromatic heterocycles. The van der Waals surface area contributed by atoms with Gasteiger partial charge < -0.3 is 10.6 Å². The summed E-state index contributed by atoms with van der Waals surface area (Å²) in [6.45, 7) is 8.27. The van der Waals surface area contributed by atoms with E-state index in [1.165, 1.54) is 0 Å². The van der Waals surface area contributed by atoms with E-state index < -0.39 is 0 Å². The number of carbonyl (C=O) groups is 1. The van der Waals surface area contributed by atoms with E-state index in [1.54, 1.807) is 11.8 Å². The third-order valence-electron chi connectivity index (χ3n) is 2.62. The number of nitrogens with one attached hydrogen (secondary N) is 2. The van der Waals surface area contributed by atoms with Crippen LogP contribution in [0.3, 0.4) is 0 Å². The van der Waals surface area contributed by atoms with Crippen LogP contribution in [0.2, 0.25) is 0 Å². The molecule has 1 saturated heterocycles. The highest BCUT2D eigenvalue weighted by Crippen LogP contribution is 2.19. The minimum Gasteiger partial charge on any atom is -0.351 e. The van der Waals surface area contributed by atoms with Crippen LogP contribution in [0.4, 0.5) is 0 Å². The fraction of sp³-hybridized carbons (Fsp3) is 0.909. The Hall–Kier alpha value is 0.0700. The summed E-state index contributed by atoms with van der Waals surface area (Å²) in [5.41, 5.74) is 0. The van der Waals surface area contributed by atoms with Crippen molar-refractivity contribution in [3.63, 3.8) is 0 Å². The zero-order valence-electron chi connectivity index (χ0n) is 10.3. The Morgan fingerprint density at radius 2 is 2.25 bits per heavy atom. The lowest BCUT2D eigenvalue weighted by atomic mass is 10.1. The van der Waals surface area contributed by atoms with Crippen LogP contribution in [0.25, 0.3) is 0 Å². The van der Waals surface area contributed by atoms with Crippen molar-refractivity contribution in [2.75, 3.05) is 18.8 Å². The predicted molar refractivity (Wildman–Crippen MR) is 73.4 cm³/mol. The molecule has 0 aliphatic carbocycles. The van der Waals surface area contributed by atoms with Gasteiger partial charge >= 0.3 is 0 Å². The minimum absolute atomic E-state index is 0. The maximum Gasteiger partial charge on any atom is 0.233 e. The summed E-state index contributed by atoms with van der Waals surface area (Å²) in [7, 11) is 0. The van der Waals surface area contributed by atoms with E-state index in [2.05, 4.69) is 31.4 Å². The van der Waals surface area contributed by atoms with Gasteiger partial charge in [-0.15, -0.1) is 24.2 Å². The van der Waals surface area contributed by atoms with Gasteiger partial charge in [0, 0.05) is 12.6 Å².